The Kier molecular flexibility index (Phi) is 15.0. The molecule has 0 spiro atoms. The van der Waals surface area contributed by atoms with Crippen molar-refractivity contribution in [1.29, 1.82) is 0 Å². The van der Waals surface area contributed by atoms with Crippen molar-refractivity contribution in [1.82, 2.24) is 32.8 Å². The number of para-hydroxylation sites is 4. The van der Waals surface area contributed by atoms with E-state index >= 15 is 0 Å². The summed E-state index contributed by atoms with van der Waals surface area (Å²) in [5.41, 5.74) is 41.4. The Morgan fingerprint density at radius 3 is 0.805 bits per heavy atom. The molecular weight excluding hydrogens is 1550 g/mol. The first-order chi connectivity index (χ1) is 62.7. The van der Waals surface area contributed by atoms with E-state index in [-0.39, 0.29) is 16.2 Å². The monoisotopic (exact) mass is 1630 g/mol. The third kappa shape index (κ3) is 10.3. The van der Waals surface area contributed by atoms with Gasteiger partial charge in [-0.3, -0.25) is 4.57 Å². The van der Waals surface area contributed by atoms with Gasteiger partial charge in [0, 0.05) is 110 Å². The molecular formula is C121H83N7. The lowest BCUT2D eigenvalue weighted by Gasteiger charge is -2.22. The first-order valence-corrected chi connectivity index (χ1v) is 44.7. The average molecular weight is 1640 g/mol. The van der Waals surface area contributed by atoms with Gasteiger partial charge in [-0.05, 0) is 246 Å². The van der Waals surface area contributed by atoms with Crippen molar-refractivity contribution in [3.63, 3.8) is 0 Å². The maximum Gasteiger partial charge on any atom is 0.162 e. The van der Waals surface area contributed by atoms with E-state index in [1.54, 1.807) is 0 Å². The van der Waals surface area contributed by atoms with E-state index in [0.29, 0.717) is 5.82 Å². The highest BCUT2D eigenvalue weighted by Gasteiger charge is 2.39. The van der Waals surface area contributed by atoms with Crippen LogP contribution in [0.2, 0.25) is 0 Å². The molecule has 128 heavy (non-hydrogen) atoms. The number of benzene rings is 18. The average Bonchev–Trinajstić information content (AvgIpc) is 1.56. The zero-order chi connectivity index (χ0) is 84.9. The minimum atomic E-state index is -0.135. The van der Waals surface area contributed by atoms with Crippen LogP contribution in [0.3, 0.4) is 0 Å². The van der Waals surface area contributed by atoms with Gasteiger partial charge >= 0.3 is 0 Å². The highest BCUT2D eigenvalue weighted by atomic mass is 15.1. The number of hydrogen-bond acceptors (Lipinski definition) is 2. The van der Waals surface area contributed by atoms with Crippen LogP contribution in [0.15, 0.2) is 394 Å². The summed E-state index contributed by atoms with van der Waals surface area (Å²) in [5, 5.41) is 11.9. The summed E-state index contributed by atoms with van der Waals surface area (Å²) < 4.78 is 12.2. The molecule has 24 aromatic rings. The first kappa shape index (κ1) is 72.5. The molecule has 6 aromatic heterocycles. The minimum absolute atomic E-state index is 0.120. The van der Waals surface area contributed by atoms with E-state index in [4.69, 9.17) is 9.97 Å². The van der Waals surface area contributed by atoms with Crippen LogP contribution in [0.4, 0.5) is 0 Å². The Bertz CT molecular complexity index is 8710. The van der Waals surface area contributed by atoms with Gasteiger partial charge < -0.3 is 18.3 Å². The summed E-state index contributed by atoms with van der Waals surface area (Å²) in [6.45, 7) is 14.2. The van der Waals surface area contributed by atoms with E-state index in [9.17, 15) is 0 Å². The van der Waals surface area contributed by atoms with Gasteiger partial charge in [0.05, 0.1) is 60.9 Å². The second-order valence-electron chi connectivity index (χ2n) is 37.2. The fourth-order valence-electron chi connectivity index (χ4n) is 23.1. The zero-order valence-electron chi connectivity index (χ0n) is 71.7. The molecule has 0 fully saturated rings. The van der Waals surface area contributed by atoms with Crippen LogP contribution in [0, 0.1) is 0 Å². The maximum atomic E-state index is 5.58. The smallest absolute Gasteiger partial charge is 0.162 e. The van der Waals surface area contributed by atoms with E-state index in [1.165, 1.54) is 149 Å². The lowest BCUT2D eigenvalue weighted by atomic mass is 9.82. The summed E-state index contributed by atoms with van der Waals surface area (Å²) in [4.78, 5) is 11.1. The predicted molar refractivity (Wildman–Crippen MR) is 534 cm³/mol. The first-order valence-electron chi connectivity index (χ1n) is 44.7. The lowest BCUT2D eigenvalue weighted by Crippen LogP contribution is -2.15. The van der Waals surface area contributed by atoms with E-state index < -0.39 is 0 Å². The van der Waals surface area contributed by atoms with Crippen molar-refractivity contribution >= 4 is 109 Å². The van der Waals surface area contributed by atoms with Crippen molar-refractivity contribution in [2.45, 2.75) is 57.8 Å². The van der Waals surface area contributed by atoms with Gasteiger partial charge in [0.2, 0.25) is 0 Å². The van der Waals surface area contributed by atoms with Crippen molar-refractivity contribution < 1.29 is 0 Å². The van der Waals surface area contributed by atoms with Crippen LogP contribution in [0.1, 0.15) is 74.9 Å². The molecule has 27 rings (SSSR count). The molecule has 6 heterocycles. The maximum absolute atomic E-state index is 5.58. The molecule has 0 saturated carbocycles. The van der Waals surface area contributed by atoms with Gasteiger partial charge in [0.1, 0.15) is 5.82 Å². The second kappa shape index (κ2) is 26.5. The summed E-state index contributed by atoms with van der Waals surface area (Å²) in [7, 11) is 0. The molecule has 0 saturated heterocycles. The predicted octanol–water partition coefficient (Wildman–Crippen LogP) is 31.2. The van der Waals surface area contributed by atoms with Crippen LogP contribution < -0.4 is 0 Å². The lowest BCUT2D eigenvalue weighted by molar-refractivity contribution is 0.660. The van der Waals surface area contributed by atoms with Crippen molar-refractivity contribution in [2.75, 3.05) is 0 Å². The molecule has 0 N–H and O–H groups in total. The Labute approximate surface area is 740 Å². The van der Waals surface area contributed by atoms with Crippen molar-refractivity contribution in [3.05, 3.63) is 428 Å². The molecule has 0 radical (unpaired) electrons. The second-order valence-corrected chi connectivity index (χ2v) is 37.2. The molecule has 0 amide bonds. The SMILES string of the molecule is CC1(C)c2ccccc2-c2ccc(-n3c4ccccc4c4cc(-c5ccc6c(c5)c5cc(-c7ccc8c(c7)c7ccccc7n8-c7ccc8c(c7)C(C)(C)c7ccccc7-8)ccc5n6-c5cccc(-c6cc(-n7c8ccccc8c8cc(-c9ccc%10c(c9)c9ccccc9n%10-c9ccc%10c(c9)C(C)(C)c9ccccc9-%10)ccc87)nc(-c7ccccc7)n6)c5)ccc43)cc21. The summed E-state index contributed by atoms with van der Waals surface area (Å²) in [5.74, 6) is 1.43. The molecule has 0 unspecified atom stereocenters. The molecule has 602 valence electrons. The van der Waals surface area contributed by atoms with Crippen LogP contribution in [-0.4, -0.2) is 32.8 Å². The van der Waals surface area contributed by atoms with Crippen molar-refractivity contribution in [2.24, 2.45) is 0 Å². The number of fused-ring (bicyclic) bond motifs is 24. The highest BCUT2D eigenvalue weighted by molar-refractivity contribution is 6.17. The van der Waals surface area contributed by atoms with Crippen molar-refractivity contribution in [3.8, 4) is 118 Å². The Balaban J connectivity index is 0.595. The Hall–Kier alpha value is -16.0. The third-order valence-corrected chi connectivity index (χ3v) is 29.3. The number of aromatic nitrogens is 7. The fourth-order valence-corrected chi connectivity index (χ4v) is 23.1. The Morgan fingerprint density at radius 1 is 0.172 bits per heavy atom. The third-order valence-electron chi connectivity index (χ3n) is 29.3. The fraction of sp³-hybridized carbons (Fsp3) is 0.0744. The quantitative estimate of drug-likeness (QED) is 0.137. The topological polar surface area (TPSA) is 50.4 Å². The van der Waals surface area contributed by atoms with Crippen LogP contribution in [0.25, 0.3) is 227 Å². The van der Waals surface area contributed by atoms with Crippen LogP contribution in [0.5, 0.6) is 0 Å². The van der Waals surface area contributed by atoms with Gasteiger partial charge in [-0.1, -0.05) is 284 Å². The van der Waals surface area contributed by atoms with E-state index in [0.717, 1.165) is 105 Å². The van der Waals surface area contributed by atoms with Crippen LogP contribution in [-0.2, 0) is 16.2 Å². The molecule has 7 heteroatoms. The Morgan fingerprint density at radius 2 is 0.445 bits per heavy atom. The molecule has 3 aliphatic rings. The van der Waals surface area contributed by atoms with Gasteiger partial charge in [-0.15, -0.1) is 0 Å². The number of nitrogens with zero attached hydrogens (tertiary/aromatic N) is 7. The minimum Gasteiger partial charge on any atom is -0.309 e. The largest absolute Gasteiger partial charge is 0.309 e. The molecule has 18 aromatic carbocycles. The summed E-state index contributed by atoms with van der Waals surface area (Å²) in [6, 6.07) is 148. The molecule has 3 aliphatic carbocycles. The summed E-state index contributed by atoms with van der Waals surface area (Å²) in [6.07, 6.45) is 0. The number of hydrogen-bond donors (Lipinski definition) is 0. The zero-order valence-corrected chi connectivity index (χ0v) is 71.7. The molecule has 0 aliphatic heterocycles. The van der Waals surface area contributed by atoms with E-state index in [1.807, 2.05) is 0 Å². The van der Waals surface area contributed by atoms with Crippen LogP contribution >= 0.6 is 0 Å². The standard InChI is InChI=1S/C121H83N7/c1-119(2)100-36-17-10-29-84(100)87-52-49-81(68-103(87)119)125-107-39-20-13-32-90(107)94-62-73(43-55-111(94)125)76-48-60-116-97(65-76)93-35-16-23-42-110(93)128(116)117-71-106(122-118(123-117)72-25-8-7-9-26-72)79-27-24-28-80(61-79)124-114-58-46-77(74-44-56-112-95(63-74)91-33-14-21-40-108(91)126(112)82-50-53-88-85-30-11-18-37-101(85)120(3,4)104(88)69-82)66-98(114)99-67-78(47-59-115(99)124)75-45-57-113-96(64-75)92-34-15-22-41-109(92)127(113)83-51-54-89-86-31-12-19-38-102(86)121(5,6)105(89)70-83/h7-71H,1-6H3. The normalized spacial score (nSPS) is 13.9. The summed E-state index contributed by atoms with van der Waals surface area (Å²) >= 11 is 0. The van der Waals surface area contributed by atoms with Gasteiger partial charge in [0.25, 0.3) is 0 Å². The van der Waals surface area contributed by atoms with Gasteiger partial charge in [-0.25, -0.2) is 9.97 Å². The van der Waals surface area contributed by atoms with E-state index in [2.05, 4.69) is 459 Å². The highest BCUT2D eigenvalue weighted by Crippen LogP contribution is 2.55. The molecule has 0 bridgehead atoms. The van der Waals surface area contributed by atoms with Gasteiger partial charge in [-0.2, -0.15) is 0 Å². The van der Waals surface area contributed by atoms with Gasteiger partial charge in [0.15, 0.2) is 5.82 Å². The molecule has 0 atom stereocenters. The number of rotatable bonds is 10. The molecule has 7 nitrogen and oxygen atoms in total.